The second kappa shape index (κ2) is 9.21. The number of nitrogens with zero attached hydrogens (tertiary/aromatic N) is 3. The molecule has 2 aliphatic rings. The lowest BCUT2D eigenvalue weighted by Gasteiger charge is -2.26. The van der Waals surface area contributed by atoms with E-state index in [4.69, 9.17) is 24.7 Å². The van der Waals surface area contributed by atoms with Crippen LogP contribution in [-0.4, -0.2) is 61.4 Å². The number of ether oxygens (including phenoxy) is 4. The Hall–Kier alpha value is -3.43. The average Bonchev–Trinajstić information content (AvgIpc) is 3.23. The van der Waals surface area contributed by atoms with Crippen LogP contribution in [0.15, 0.2) is 29.7 Å². The monoisotopic (exact) mass is 465 g/mol. The number of fused-ring (bicyclic) bond motifs is 1. The molecule has 176 valence electrons. The molecule has 0 amide bonds. The van der Waals surface area contributed by atoms with E-state index in [-0.39, 0.29) is 23.0 Å². The van der Waals surface area contributed by atoms with Gasteiger partial charge in [0, 0.05) is 31.3 Å². The van der Waals surface area contributed by atoms with Crippen molar-refractivity contribution in [3.05, 3.63) is 46.7 Å². The van der Waals surface area contributed by atoms with Gasteiger partial charge in [0.05, 0.1) is 31.9 Å². The van der Waals surface area contributed by atoms with E-state index in [1.54, 1.807) is 18.2 Å². The van der Waals surface area contributed by atoms with Gasteiger partial charge < -0.3 is 29.7 Å². The van der Waals surface area contributed by atoms with Gasteiger partial charge in [0.25, 0.3) is 0 Å². The van der Waals surface area contributed by atoms with Crippen molar-refractivity contribution in [3.8, 4) is 23.4 Å². The molecule has 0 radical (unpaired) electrons. The number of hydrogen-bond acceptors (Lipinski definition) is 8. The maximum absolute atomic E-state index is 13.2. The zero-order chi connectivity index (χ0) is 23.6. The third kappa shape index (κ3) is 4.69. The van der Waals surface area contributed by atoms with E-state index in [0.717, 1.165) is 19.6 Å². The number of nitrogens with two attached hydrogens (primary N) is 1. The number of halogens is 3. The number of nitrogens with one attached hydrogen (secondary N) is 1. The predicted molar refractivity (Wildman–Crippen MR) is 109 cm³/mol. The average molecular weight is 465 g/mol. The summed E-state index contributed by atoms with van der Waals surface area (Å²) in [7, 11) is 1.42. The van der Waals surface area contributed by atoms with E-state index in [1.165, 1.54) is 7.11 Å². The number of morpholine rings is 1. The molecule has 2 aromatic rings. The highest BCUT2D eigenvalue weighted by Gasteiger charge is 2.41. The zero-order valence-electron chi connectivity index (χ0n) is 17.7. The standard InChI is InChI=1S/C21H22F3N5O4/c1-30-15-10-12(32-9-6-29-4-7-31-8-5-29)2-3-13(15)16-14(11-25)18(26)33-19-17(16)27-20(28-19)21(22,23)24/h2-3,10,16H,4-9,26H2,1H3,(H,27,28)/t16-/m1/s1. The quantitative estimate of drug-likeness (QED) is 0.668. The molecular formula is C21H22F3N5O4. The van der Waals surface area contributed by atoms with Gasteiger partial charge in [0.15, 0.2) is 0 Å². The number of imidazole rings is 1. The maximum atomic E-state index is 13.2. The van der Waals surface area contributed by atoms with Crippen LogP contribution < -0.4 is 19.9 Å². The number of nitriles is 1. The summed E-state index contributed by atoms with van der Waals surface area (Å²) in [5, 5.41) is 9.64. The molecule has 0 saturated carbocycles. The Morgan fingerprint density at radius 1 is 1.33 bits per heavy atom. The van der Waals surface area contributed by atoms with Crippen molar-refractivity contribution >= 4 is 0 Å². The van der Waals surface area contributed by atoms with Gasteiger partial charge in [-0.05, 0) is 6.07 Å². The molecule has 1 saturated heterocycles. The lowest BCUT2D eigenvalue weighted by atomic mass is 9.87. The number of allylic oxidation sites excluding steroid dienone is 1. The molecule has 1 atom stereocenters. The van der Waals surface area contributed by atoms with E-state index in [2.05, 4.69) is 14.9 Å². The summed E-state index contributed by atoms with van der Waals surface area (Å²) < 4.78 is 61.5. The van der Waals surface area contributed by atoms with E-state index < -0.39 is 17.9 Å². The molecule has 0 bridgehead atoms. The topological polar surface area (TPSA) is 119 Å². The maximum Gasteiger partial charge on any atom is 0.449 e. The van der Waals surface area contributed by atoms with Crippen molar-refractivity contribution in [2.24, 2.45) is 5.73 Å². The Bertz CT molecular complexity index is 1090. The van der Waals surface area contributed by atoms with Crippen molar-refractivity contribution in [2.45, 2.75) is 12.1 Å². The van der Waals surface area contributed by atoms with Crippen LogP contribution in [0.4, 0.5) is 13.2 Å². The van der Waals surface area contributed by atoms with E-state index in [0.29, 0.717) is 36.9 Å². The Labute approximate surface area is 187 Å². The van der Waals surface area contributed by atoms with Crippen LogP contribution in [0.5, 0.6) is 17.4 Å². The number of aromatic amines is 1. The number of methoxy groups -OCH3 is 1. The fourth-order valence-electron chi connectivity index (χ4n) is 3.79. The number of aromatic nitrogens is 2. The molecule has 2 aliphatic heterocycles. The van der Waals surface area contributed by atoms with Crippen molar-refractivity contribution in [1.29, 1.82) is 5.26 Å². The first-order valence-corrected chi connectivity index (χ1v) is 10.2. The summed E-state index contributed by atoms with van der Waals surface area (Å²) in [6, 6.07) is 6.84. The first kappa shape index (κ1) is 22.8. The molecule has 3 N–H and O–H groups in total. The minimum absolute atomic E-state index is 0.0349. The minimum atomic E-state index is -4.73. The van der Waals surface area contributed by atoms with E-state index >= 15 is 0 Å². The molecule has 3 heterocycles. The first-order valence-electron chi connectivity index (χ1n) is 10.2. The molecule has 0 spiro atoms. The highest BCUT2D eigenvalue weighted by molar-refractivity contribution is 5.56. The third-order valence-electron chi connectivity index (χ3n) is 5.43. The third-order valence-corrected chi connectivity index (χ3v) is 5.43. The fourth-order valence-corrected chi connectivity index (χ4v) is 3.79. The van der Waals surface area contributed by atoms with Crippen molar-refractivity contribution < 1.29 is 32.1 Å². The number of alkyl halides is 3. The summed E-state index contributed by atoms with van der Waals surface area (Å²) >= 11 is 0. The lowest BCUT2D eigenvalue weighted by Crippen LogP contribution is -2.38. The van der Waals surface area contributed by atoms with Gasteiger partial charge in [-0.25, -0.2) is 0 Å². The number of benzene rings is 1. The second-order valence-electron chi connectivity index (χ2n) is 7.43. The van der Waals surface area contributed by atoms with Gasteiger partial charge in [-0.15, -0.1) is 0 Å². The Morgan fingerprint density at radius 3 is 2.76 bits per heavy atom. The van der Waals surface area contributed by atoms with Gasteiger partial charge in [0.1, 0.15) is 29.7 Å². The summed E-state index contributed by atoms with van der Waals surface area (Å²) in [4.78, 5) is 7.93. The van der Waals surface area contributed by atoms with Gasteiger partial charge in [0.2, 0.25) is 17.6 Å². The molecule has 4 rings (SSSR count). The van der Waals surface area contributed by atoms with Gasteiger partial charge in [-0.3, -0.25) is 4.90 Å². The van der Waals surface area contributed by atoms with Crippen LogP contribution in [0.1, 0.15) is 23.0 Å². The summed E-state index contributed by atoms with van der Waals surface area (Å²) in [5.41, 5.74) is 6.15. The molecule has 9 nitrogen and oxygen atoms in total. The number of H-pyrrole nitrogens is 1. The molecular weight excluding hydrogens is 443 g/mol. The van der Waals surface area contributed by atoms with Crippen LogP contribution >= 0.6 is 0 Å². The smallest absolute Gasteiger partial charge is 0.449 e. The second-order valence-corrected chi connectivity index (χ2v) is 7.43. The normalized spacial score (nSPS) is 18.9. The fraction of sp³-hybridized carbons (Fsp3) is 0.429. The zero-order valence-corrected chi connectivity index (χ0v) is 17.7. The highest BCUT2D eigenvalue weighted by Crippen LogP contribution is 2.45. The Kier molecular flexibility index (Phi) is 6.35. The molecule has 1 aromatic carbocycles. The Morgan fingerprint density at radius 2 is 2.09 bits per heavy atom. The van der Waals surface area contributed by atoms with Gasteiger partial charge in [-0.1, -0.05) is 6.07 Å². The highest BCUT2D eigenvalue weighted by atomic mass is 19.4. The molecule has 33 heavy (non-hydrogen) atoms. The van der Waals surface area contributed by atoms with Crippen LogP contribution in [-0.2, 0) is 10.9 Å². The van der Waals surface area contributed by atoms with Crippen molar-refractivity contribution in [1.82, 2.24) is 14.9 Å². The van der Waals surface area contributed by atoms with Crippen molar-refractivity contribution in [3.63, 3.8) is 0 Å². The summed E-state index contributed by atoms with van der Waals surface area (Å²) in [6.45, 7) is 4.23. The van der Waals surface area contributed by atoms with Crippen LogP contribution in [0.2, 0.25) is 0 Å². The SMILES string of the molecule is COc1cc(OCCN2CCOCC2)ccc1[C@@H]1C(C#N)=C(N)Oc2nc(C(F)(F)F)[nH]c21. The number of rotatable bonds is 6. The first-order chi connectivity index (χ1) is 15.8. The summed E-state index contributed by atoms with van der Waals surface area (Å²) in [6.07, 6.45) is -4.73. The van der Waals surface area contributed by atoms with Crippen molar-refractivity contribution in [2.75, 3.05) is 46.6 Å². The van der Waals surface area contributed by atoms with Crippen LogP contribution in [0.25, 0.3) is 0 Å². The summed E-state index contributed by atoms with van der Waals surface area (Å²) in [5.74, 6) is -2.04. The molecule has 0 aliphatic carbocycles. The van der Waals surface area contributed by atoms with Gasteiger partial charge in [-0.2, -0.15) is 23.4 Å². The van der Waals surface area contributed by atoms with E-state index in [9.17, 15) is 18.4 Å². The molecule has 1 fully saturated rings. The van der Waals surface area contributed by atoms with Gasteiger partial charge >= 0.3 is 6.18 Å². The molecule has 0 unspecified atom stereocenters. The largest absolute Gasteiger partial charge is 0.496 e. The lowest BCUT2D eigenvalue weighted by molar-refractivity contribution is -0.144. The molecule has 1 aromatic heterocycles. The van der Waals surface area contributed by atoms with E-state index in [1.807, 2.05) is 6.07 Å². The number of hydrogen-bond donors (Lipinski definition) is 2. The molecule has 12 heteroatoms. The predicted octanol–water partition coefficient (Wildman–Crippen LogP) is 2.37. The van der Waals surface area contributed by atoms with Crippen LogP contribution in [0.3, 0.4) is 0 Å². The Balaban J connectivity index is 1.61. The minimum Gasteiger partial charge on any atom is -0.496 e. The van der Waals surface area contributed by atoms with Crippen LogP contribution in [0, 0.1) is 11.3 Å².